The van der Waals surface area contributed by atoms with Gasteiger partial charge in [0.1, 0.15) is 21.6 Å². The normalized spacial score (nSPS) is 11.0. The average Bonchev–Trinajstić information content (AvgIpc) is 2.44. The molecule has 0 aliphatic rings. The number of hydrogen-bond donors (Lipinski definition) is 3. The van der Waals surface area contributed by atoms with Gasteiger partial charge in [-0.15, -0.1) is 0 Å². The van der Waals surface area contributed by atoms with Crippen molar-refractivity contribution in [1.82, 2.24) is 10.3 Å². The van der Waals surface area contributed by atoms with E-state index in [1.807, 2.05) is 20.8 Å². The highest BCUT2D eigenvalue weighted by Crippen LogP contribution is 2.17. The minimum Gasteiger partial charge on any atom is -0.478 e. The highest BCUT2D eigenvalue weighted by atomic mass is 79.9. The number of amides is 1. The second-order valence-electron chi connectivity index (χ2n) is 6.25. The highest BCUT2D eigenvalue weighted by molar-refractivity contribution is 9.10. The van der Waals surface area contributed by atoms with Crippen LogP contribution in [0.25, 0.3) is 0 Å². The van der Waals surface area contributed by atoms with Crippen LogP contribution in [0.15, 0.2) is 16.7 Å². The van der Waals surface area contributed by atoms with Crippen molar-refractivity contribution < 1.29 is 19.4 Å². The van der Waals surface area contributed by atoms with E-state index in [4.69, 9.17) is 9.84 Å². The van der Waals surface area contributed by atoms with Gasteiger partial charge in [-0.05, 0) is 68.1 Å². The van der Waals surface area contributed by atoms with Crippen molar-refractivity contribution in [3.63, 3.8) is 0 Å². The number of nitrogens with one attached hydrogen (secondary N) is 2. The summed E-state index contributed by atoms with van der Waals surface area (Å²) in [6, 6.07) is 3.10. The molecule has 134 valence electrons. The van der Waals surface area contributed by atoms with Crippen molar-refractivity contribution in [2.45, 2.75) is 45.6 Å². The lowest BCUT2D eigenvalue weighted by Crippen LogP contribution is -2.33. The van der Waals surface area contributed by atoms with Gasteiger partial charge in [0, 0.05) is 13.1 Å². The van der Waals surface area contributed by atoms with E-state index in [-0.39, 0.29) is 5.56 Å². The molecule has 0 unspecified atom stereocenters. The lowest BCUT2D eigenvalue weighted by Gasteiger charge is -2.19. The Balaban J connectivity index is 2.22. The quantitative estimate of drug-likeness (QED) is 0.453. The van der Waals surface area contributed by atoms with Crippen LogP contribution in [0.5, 0.6) is 0 Å². The number of pyridine rings is 1. The van der Waals surface area contributed by atoms with Crippen LogP contribution < -0.4 is 10.6 Å². The first kappa shape index (κ1) is 20.2. The molecular formula is C16H24BrN3O4. The topological polar surface area (TPSA) is 101 Å². The Bertz CT molecular complexity index is 573. The molecule has 0 aliphatic heterocycles. The third-order valence-electron chi connectivity index (χ3n) is 2.91. The number of hydrogen-bond acceptors (Lipinski definition) is 5. The molecule has 1 heterocycles. The molecule has 0 radical (unpaired) electrons. The lowest BCUT2D eigenvalue weighted by atomic mass is 10.2. The Kier molecular flexibility index (Phi) is 7.97. The summed E-state index contributed by atoms with van der Waals surface area (Å²) in [5.74, 6) is -0.664. The van der Waals surface area contributed by atoms with Gasteiger partial charge in [-0.2, -0.15) is 0 Å². The molecule has 0 bridgehead atoms. The maximum absolute atomic E-state index is 11.5. The minimum absolute atomic E-state index is 0.143. The van der Waals surface area contributed by atoms with Crippen molar-refractivity contribution >= 4 is 33.8 Å². The fourth-order valence-corrected chi connectivity index (χ4v) is 2.19. The van der Waals surface area contributed by atoms with Gasteiger partial charge in [0.2, 0.25) is 0 Å². The molecule has 1 aromatic rings. The second-order valence-corrected chi connectivity index (χ2v) is 7.06. The molecule has 0 saturated carbocycles. The number of unbranched alkanes of at least 4 members (excludes halogenated alkanes) is 2. The Morgan fingerprint density at radius 2 is 1.88 bits per heavy atom. The first-order valence-corrected chi connectivity index (χ1v) is 8.59. The molecule has 0 fully saturated rings. The highest BCUT2D eigenvalue weighted by Gasteiger charge is 2.15. The third-order valence-corrected chi connectivity index (χ3v) is 3.35. The summed E-state index contributed by atoms with van der Waals surface area (Å²) in [7, 11) is 0. The number of carboxylic acid groups (broad SMARTS) is 1. The summed E-state index contributed by atoms with van der Waals surface area (Å²) in [6.07, 6.45) is 2.13. The standard InChI is InChI=1S/C16H24BrN3O4/c1-16(2,3)24-15(23)19-10-6-4-5-9-18-13-11(14(21)22)7-8-12(17)20-13/h7-8H,4-6,9-10H2,1-3H3,(H,18,20)(H,19,23)(H,21,22). The van der Waals surface area contributed by atoms with Crippen LogP contribution >= 0.6 is 15.9 Å². The average molecular weight is 402 g/mol. The van der Waals surface area contributed by atoms with Crippen LogP contribution in [-0.2, 0) is 4.74 Å². The zero-order chi connectivity index (χ0) is 18.2. The van der Waals surface area contributed by atoms with Crippen LogP contribution in [0.3, 0.4) is 0 Å². The van der Waals surface area contributed by atoms with E-state index in [0.29, 0.717) is 23.5 Å². The molecule has 0 aliphatic carbocycles. The van der Waals surface area contributed by atoms with E-state index in [9.17, 15) is 9.59 Å². The summed E-state index contributed by atoms with van der Waals surface area (Å²) in [4.78, 5) is 26.7. The maximum Gasteiger partial charge on any atom is 0.407 e. The molecule has 1 aromatic heterocycles. The van der Waals surface area contributed by atoms with Crippen molar-refractivity contribution in [2.24, 2.45) is 0 Å². The monoisotopic (exact) mass is 401 g/mol. The number of nitrogens with zero attached hydrogens (tertiary/aromatic N) is 1. The first-order valence-electron chi connectivity index (χ1n) is 7.79. The number of carbonyl (C=O) groups is 2. The second kappa shape index (κ2) is 9.46. The van der Waals surface area contributed by atoms with Gasteiger partial charge in [0.15, 0.2) is 0 Å². The lowest BCUT2D eigenvalue weighted by molar-refractivity contribution is 0.0526. The zero-order valence-electron chi connectivity index (χ0n) is 14.2. The zero-order valence-corrected chi connectivity index (χ0v) is 15.8. The van der Waals surface area contributed by atoms with Crippen LogP contribution in [0.4, 0.5) is 10.6 Å². The van der Waals surface area contributed by atoms with E-state index in [2.05, 4.69) is 31.5 Å². The molecular weight excluding hydrogens is 378 g/mol. The van der Waals surface area contributed by atoms with Crippen LogP contribution in [-0.4, -0.2) is 40.8 Å². The number of carboxylic acids is 1. The summed E-state index contributed by atoms with van der Waals surface area (Å²) in [6.45, 7) is 6.61. The van der Waals surface area contributed by atoms with Crippen molar-refractivity contribution in [1.29, 1.82) is 0 Å². The van der Waals surface area contributed by atoms with Gasteiger partial charge in [-0.1, -0.05) is 0 Å². The number of carbonyl (C=O) groups excluding carboxylic acids is 1. The Morgan fingerprint density at radius 1 is 1.21 bits per heavy atom. The number of aromatic nitrogens is 1. The molecule has 24 heavy (non-hydrogen) atoms. The van der Waals surface area contributed by atoms with Gasteiger partial charge >= 0.3 is 12.1 Å². The minimum atomic E-state index is -1.01. The summed E-state index contributed by atoms with van der Waals surface area (Å²) in [5, 5.41) is 14.8. The van der Waals surface area contributed by atoms with Crippen molar-refractivity contribution in [3.05, 3.63) is 22.3 Å². The van der Waals surface area contributed by atoms with Crippen LogP contribution in [0.2, 0.25) is 0 Å². The SMILES string of the molecule is CC(C)(C)OC(=O)NCCCCCNc1nc(Br)ccc1C(=O)O. The van der Waals surface area contributed by atoms with E-state index < -0.39 is 17.7 Å². The van der Waals surface area contributed by atoms with E-state index >= 15 is 0 Å². The molecule has 8 heteroatoms. The van der Waals surface area contributed by atoms with Crippen molar-refractivity contribution in [3.8, 4) is 0 Å². The van der Waals surface area contributed by atoms with Gasteiger partial charge in [-0.25, -0.2) is 14.6 Å². The van der Waals surface area contributed by atoms with Gasteiger partial charge in [0.05, 0.1) is 0 Å². The predicted octanol–water partition coefficient (Wildman–Crippen LogP) is 3.65. The molecule has 1 amide bonds. The molecule has 3 N–H and O–H groups in total. The predicted molar refractivity (Wildman–Crippen MR) is 95.5 cm³/mol. The third kappa shape index (κ3) is 8.14. The Morgan fingerprint density at radius 3 is 2.50 bits per heavy atom. The summed E-state index contributed by atoms with van der Waals surface area (Å²) < 4.78 is 5.72. The number of halogens is 1. The molecule has 7 nitrogen and oxygen atoms in total. The largest absolute Gasteiger partial charge is 0.478 e. The number of anilines is 1. The number of aromatic carboxylic acids is 1. The van der Waals surface area contributed by atoms with E-state index in [1.165, 1.54) is 6.07 Å². The van der Waals surface area contributed by atoms with Crippen molar-refractivity contribution in [2.75, 3.05) is 18.4 Å². The maximum atomic E-state index is 11.5. The fourth-order valence-electron chi connectivity index (χ4n) is 1.88. The molecule has 0 saturated heterocycles. The molecule has 0 atom stereocenters. The first-order chi connectivity index (χ1) is 11.2. The molecule has 0 aromatic carbocycles. The number of rotatable bonds is 8. The van der Waals surface area contributed by atoms with E-state index in [1.54, 1.807) is 6.07 Å². The van der Waals surface area contributed by atoms with Gasteiger partial charge in [0.25, 0.3) is 0 Å². The molecule has 1 rings (SSSR count). The fraction of sp³-hybridized carbons (Fsp3) is 0.562. The summed E-state index contributed by atoms with van der Waals surface area (Å²) >= 11 is 3.23. The Labute approximate surface area is 150 Å². The summed E-state index contributed by atoms with van der Waals surface area (Å²) in [5.41, 5.74) is -0.350. The molecule has 0 spiro atoms. The van der Waals surface area contributed by atoms with E-state index in [0.717, 1.165) is 19.3 Å². The number of ether oxygens (including phenoxy) is 1. The number of alkyl carbamates (subject to hydrolysis) is 1. The van der Waals surface area contributed by atoms with Gasteiger partial charge in [-0.3, -0.25) is 0 Å². The van der Waals surface area contributed by atoms with Gasteiger partial charge < -0.3 is 20.5 Å². The van der Waals surface area contributed by atoms with Crippen LogP contribution in [0.1, 0.15) is 50.4 Å². The Hall–Kier alpha value is -1.83. The van der Waals surface area contributed by atoms with Crippen LogP contribution in [0, 0.1) is 0 Å². The smallest absolute Gasteiger partial charge is 0.407 e.